The van der Waals surface area contributed by atoms with Crippen LogP contribution in [-0.4, -0.2) is 11.2 Å². The van der Waals surface area contributed by atoms with Gasteiger partial charge >= 0.3 is 0 Å². The van der Waals surface area contributed by atoms with Crippen LogP contribution < -0.4 is 0 Å². The highest BCUT2D eigenvalue weighted by atomic mass is 14.8. The van der Waals surface area contributed by atoms with Crippen molar-refractivity contribution < 1.29 is 0 Å². The maximum atomic E-state index is 4.80. The molecule has 0 unspecified atom stereocenters. The van der Waals surface area contributed by atoms with Crippen LogP contribution in [0.2, 0.25) is 0 Å². The topological polar surface area (TPSA) is 28.1 Å². The van der Waals surface area contributed by atoms with Gasteiger partial charge in [0.2, 0.25) is 0 Å². The molecule has 0 radical (unpaired) electrons. The molecule has 21 heavy (non-hydrogen) atoms. The molecule has 0 saturated carbocycles. The van der Waals surface area contributed by atoms with Crippen LogP contribution in [0.1, 0.15) is 44.5 Å². The van der Waals surface area contributed by atoms with Crippen molar-refractivity contribution in [1.82, 2.24) is 4.98 Å². The molecule has 0 aliphatic heterocycles. The maximum absolute atomic E-state index is 4.80. The molecule has 2 rings (SSSR count). The van der Waals surface area contributed by atoms with Crippen molar-refractivity contribution in [3.8, 4) is 0 Å². The average molecular weight is 282 g/mol. The molecule has 0 atom stereocenters. The Morgan fingerprint density at radius 2 is 1.57 bits per heavy atom. The summed E-state index contributed by atoms with van der Waals surface area (Å²) in [6, 6.07) is 10.6. The molecule has 0 fully saturated rings. The zero-order valence-corrected chi connectivity index (χ0v) is 13.6. The van der Waals surface area contributed by atoms with E-state index in [4.69, 9.17) is 4.99 Å². The van der Waals surface area contributed by atoms with Crippen LogP contribution in [0.25, 0.3) is 0 Å². The number of nitrogens with zero attached hydrogens (tertiary/aromatic N) is 1. The number of nitrogens with one attached hydrogen (secondary N) is 1. The van der Waals surface area contributed by atoms with Crippen molar-refractivity contribution in [3.63, 3.8) is 0 Å². The molecule has 2 nitrogen and oxygen atoms in total. The third-order valence-electron chi connectivity index (χ3n) is 3.41. The Morgan fingerprint density at radius 3 is 2.05 bits per heavy atom. The Kier molecular flexibility index (Phi) is 5.38. The first kappa shape index (κ1) is 15.6. The normalized spacial score (nSPS) is 11.9. The zero-order chi connectivity index (χ0) is 15.2. The third-order valence-corrected chi connectivity index (χ3v) is 3.41. The Labute approximate surface area is 128 Å². The third kappa shape index (κ3) is 4.59. The van der Waals surface area contributed by atoms with E-state index in [1.54, 1.807) is 0 Å². The van der Waals surface area contributed by atoms with Crippen LogP contribution in [-0.2, 0) is 12.8 Å². The molecule has 2 heteroatoms. The van der Waals surface area contributed by atoms with Crippen molar-refractivity contribution in [2.24, 2.45) is 16.8 Å². The quantitative estimate of drug-likeness (QED) is 0.709. The van der Waals surface area contributed by atoms with E-state index >= 15 is 0 Å². The summed E-state index contributed by atoms with van der Waals surface area (Å²) in [6.07, 6.45) is 6.01. The van der Waals surface area contributed by atoms with Gasteiger partial charge in [0.05, 0.1) is 17.6 Å². The fourth-order valence-electron chi connectivity index (χ4n) is 2.58. The van der Waals surface area contributed by atoms with Crippen LogP contribution in [0.4, 0.5) is 5.69 Å². The van der Waals surface area contributed by atoms with Gasteiger partial charge in [-0.15, -0.1) is 0 Å². The Hall–Kier alpha value is -1.83. The lowest BCUT2D eigenvalue weighted by Gasteiger charge is -2.14. The van der Waals surface area contributed by atoms with E-state index in [0.29, 0.717) is 11.8 Å². The Morgan fingerprint density at radius 1 is 0.952 bits per heavy atom. The molecule has 0 amide bonds. The van der Waals surface area contributed by atoms with Crippen LogP contribution in [0, 0.1) is 11.8 Å². The number of rotatable bonds is 6. The van der Waals surface area contributed by atoms with Gasteiger partial charge in [0.25, 0.3) is 0 Å². The minimum absolute atomic E-state index is 0.638. The van der Waals surface area contributed by atoms with E-state index in [2.05, 4.69) is 50.9 Å². The largest absolute Gasteiger partial charge is 0.360 e. The summed E-state index contributed by atoms with van der Waals surface area (Å²) >= 11 is 0. The van der Waals surface area contributed by atoms with Crippen molar-refractivity contribution in [1.29, 1.82) is 0 Å². The second-order valence-electron chi connectivity index (χ2n) is 6.50. The molecule has 1 heterocycles. The first-order valence-electron chi connectivity index (χ1n) is 7.84. The summed E-state index contributed by atoms with van der Waals surface area (Å²) < 4.78 is 0. The highest BCUT2D eigenvalue weighted by molar-refractivity contribution is 5.80. The summed E-state index contributed by atoms with van der Waals surface area (Å²) in [5.41, 5.74) is 4.91. The van der Waals surface area contributed by atoms with Gasteiger partial charge in [-0.2, -0.15) is 0 Å². The predicted octanol–water partition coefficient (Wildman–Crippen LogP) is 5.16. The second kappa shape index (κ2) is 7.26. The van der Waals surface area contributed by atoms with E-state index in [0.717, 1.165) is 24.2 Å². The summed E-state index contributed by atoms with van der Waals surface area (Å²) in [6.45, 7) is 9.03. The number of benzene rings is 1. The summed E-state index contributed by atoms with van der Waals surface area (Å²) in [4.78, 5) is 7.98. The molecule has 0 aliphatic carbocycles. The SMILES string of the molecule is CC(C)Cc1cccc(CC(C)C)c1N=Cc1ccc[nH]1. The minimum Gasteiger partial charge on any atom is -0.360 e. The van der Waals surface area contributed by atoms with Gasteiger partial charge < -0.3 is 4.98 Å². The van der Waals surface area contributed by atoms with Gasteiger partial charge in [-0.1, -0.05) is 45.9 Å². The second-order valence-corrected chi connectivity index (χ2v) is 6.50. The molecule has 0 saturated heterocycles. The fourth-order valence-corrected chi connectivity index (χ4v) is 2.58. The number of aliphatic imine (C=N–C) groups is 1. The van der Waals surface area contributed by atoms with E-state index in [-0.39, 0.29) is 0 Å². The molecule has 112 valence electrons. The van der Waals surface area contributed by atoms with E-state index in [1.807, 2.05) is 24.5 Å². The number of hydrogen-bond acceptors (Lipinski definition) is 1. The number of hydrogen-bond donors (Lipinski definition) is 1. The van der Waals surface area contributed by atoms with Crippen molar-refractivity contribution in [3.05, 3.63) is 53.3 Å². The van der Waals surface area contributed by atoms with Gasteiger partial charge in [-0.05, 0) is 47.9 Å². The minimum atomic E-state index is 0.638. The summed E-state index contributed by atoms with van der Waals surface area (Å²) in [5.74, 6) is 1.28. The number of aromatic amines is 1. The molecular weight excluding hydrogens is 256 g/mol. The number of para-hydroxylation sites is 1. The van der Waals surface area contributed by atoms with Crippen molar-refractivity contribution in [2.75, 3.05) is 0 Å². The van der Waals surface area contributed by atoms with Crippen LogP contribution in [0.15, 0.2) is 41.5 Å². The number of H-pyrrole nitrogens is 1. The van der Waals surface area contributed by atoms with Crippen LogP contribution in [0.3, 0.4) is 0 Å². The monoisotopic (exact) mass is 282 g/mol. The van der Waals surface area contributed by atoms with Gasteiger partial charge in [0, 0.05) is 6.20 Å². The fraction of sp³-hybridized carbons (Fsp3) is 0.421. The van der Waals surface area contributed by atoms with Gasteiger partial charge in [-0.3, -0.25) is 4.99 Å². The van der Waals surface area contributed by atoms with E-state index in [9.17, 15) is 0 Å². The van der Waals surface area contributed by atoms with Crippen molar-refractivity contribution >= 4 is 11.9 Å². The zero-order valence-electron chi connectivity index (χ0n) is 13.6. The number of aromatic nitrogens is 1. The Bertz CT molecular complexity index is 549. The smallest absolute Gasteiger partial charge is 0.0694 e. The molecule has 1 aromatic heterocycles. The van der Waals surface area contributed by atoms with Crippen LogP contribution >= 0.6 is 0 Å². The van der Waals surface area contributed by atoms with Gasteiger partial charge in [0.1, 0.15) is 0 Å². The van der Waals surface area contributed by atoms with E-state index in [1.165, 1.54) is 11.1 Å². The standard InChI is InChI=1S/C19H26N2/c1-14(2)11-16-7-5-8-17(12-15(3)4)19(16)21-13-18-9-6-10-20-18/h5-10,13-15,20H,11-12H2,1-4H3. The molecule has 1 aromatic carbocycles. The summed E-state index contributed by atoms with van der Waals surface area (Å²) in [5, 5.41) is 0. The highest BCUT2D eigenvalue weighted by Gasteiger charge is 2.10. The lowest BCUT2D eigenvalue weighted by atomic mass is 9.94. The van der Waals surface area contributed by atoms with E-state index < -0.39 is 0 Å². The van der Waals surface area contributed by atoms with Crippen LogP contribution in [0.5, 0.6) is 0 Å². The lowest BCUT2D eigenvalue weighted by Crippen LogP contribution is -2.00. The van der Waals surface area contributed by atoms with Crippen molar-refractivity contribution in [2.45, 2.75) is 40.5 Å². The summed E-state index contributed by atoms with van der Waals surface area (Å²) in [7, 11) is 0. The molecule has 2 aromatic rings. The van der Waals surface area contributed by atoms with Gasteiger partial charge in [0.15, 0.2) is 0 Å². The molecule has 0 spiro atoms. The molecule has 0 bridgehead atoms. The highest BCUT2D eigenvalue weighted by Crippen LogP contribution is 2.28. The predicted molar refractivity (Wildman–Crippen MR) is 91.6 cm³/mol. The molecule has 1 N–H and O–H groups in total. The maximum Gasteiger partial charge on any atom is 0.0694 e. The average Bonchev–Trinajstić information content (AvgIpc) is 2.89. The lowest BCUT2D eigenvalue weighted by molar-refractivity contribution is 0.637. The molecular formula is C19H26N2. The van der Waals surface area contributed by atoms with Gasteiger partial charge in [-0.25, -0.2) is 0 Å². The first-order valence-corrected chi connectivity index (χ1v) is 7.84. The Balaban J connectivity index is 2.37. The first-order chi connectivity index (χ1) is 10.1. The molecule has 0 aliphatic rings.